The number of halogens is 1. The van der Waals surface area contributed by atoms with E-state index in [9.17, 15) is 4.79 Å². The van der Waals surface area contributed by atoms with Gasteiger partial charge in [-0.2, -0.15) is 0 Å². The Bertz CT molecular complexity index is 658. The van der Waals surface area contributed by atoms with Crippen LogP contribution in [0.25, 0.3) is 0 Å². The van der Waals surface area contributed by atoms with Gasteiger partial charge in [0.25, 0.3) is 0 Å². The number of aliphatic carboxylic acids is 1. The number of hydrogen-bond acceptors (Lipinski definition) is 2. The standard InChI is InChI=1S/C22H30BrNO2/c1-15-7-8-18(21(23)11-15)13-24-14-20-17-10-9-16(12-17)19(20)5-3-2-4-6-22(25)26/h3,5,7-8,11,16-17,19-20,24H,2,4,6,9-10,12-14H2,1H3,(H,25,26)/b5-3-/t16-,17+,19+,20+/m1/s1. The van der Waals surface area contributed by atoms with Gasteiger partial charge in [0.2, 0.25) is 0 Å². The molecule has 0 saturated heterocycles. The van der Waals surface area contributed by atoms with Crippen molar-refractivity contribution >= 4 is 21.9 Å². The fourth-order valence-electron chi connectivity index (χ4n) is 4.85. The molecule has 2 saturated carbocycles. The highest BCUT2D eigenvalue weighted by Gasteiger charge is 2.45. The van der Waals surface area contributed by atoms with E-state index in [2.05, 4.69) is 58.5 Å². The molecule has 3 rings (SSSR count). The van der Waals surface area contributed by atoms with E-state index in [0.29, 0.717) is 5.92 Å². The number of rotatable bonds is 9. The summed E-state index contributed by atoms with van der Waals surface area (Å²) in [5, 5.41) is 12.4. The number of allylic oxidation sites excluding steroid dienone is 2. The Morgan fingerprint density at radius 2 is 2.15 bits per heavy atom. The Morgan fingerprint density at radius 3 is 2.92 bits per heavy atom. The molecule has 3 nitrogen and oxygen atoms in total. The molecule has 2 bridgehead atoms. The molecular weight excluding hydrogens is 390 g/mol. The molecule has 0 spiro atoms. The summed E-state index contributed by atoms with van der Waals surface area (Å²) >= 11 is 3.67. The van der Waals surface area contributed by atoms with Crippen molar-refractivity contribution < 1.29 is 9.90 Å². The third kappa shape index (κ3) is 4.98. The molecule has 0 unspecified atom stereocenters. The van der Waals surface area contributed by atoms with Crippen LogP contribution < -0.4 is 5.32 Å². The SMILES string of the molecule is Cc1ccc(CNC[C@H]2[C@H]3CC[C@H](C3)[C@@H]2/C=C\CCCC(=O)O)c(Br)c1. The summed E-state index contributed by atoms with van der Waals surface area (Å²) in [4.78, 5) is 10.6. The molecule has 2 aliphatic carbocycles. The number of unbranched alkanes of at least 4 members (excludes halogenated alkanes) is 1. The van der Waals surface area contributed by atoms with Crippen LogP contribution in [0.1, 0.15) is 49.7 Å². The Labute approximate surface area is 165 Å². The van der Waals surface area contributed by atoms with E-state index in [1.54, 1.807) is 0 Å². The first-order chi connectivity index (χ1) is 12.5. The van der Waals surface area contributed by atoms with E-state index >= 15 is 0 Å². The zero-order chi connectivity index (χ0) is 18.5. The third-order valence-electron chi connectivity index (χ3n) is 6.18. The highest BCUT2D eigenvalue weighted by atomic mass is 79.9. The first-order valence-corrected chi connectivity index (χ1v) is 10.7. The number of carboxylic acids is 1. The minimum Gasteiger partial charge on any atom is -0.481 e. The average Bonchev–Trinajstić information content (AvgIpc) is 3.18. The Hall–Kier alpha value is -1.13. The predicted molar refractivity (Wildman–Crippen MR) is 109 cm³/mol. The maximum Gasteiger partial charge on any atom is 0.303 e. The van der Waals surface area contributed by atoms with Crippen molar-refractivity contribution in [2.75, 3.05) is 6.54 Å². The van der Waals surface area contributed by atoms with E-state index < -0.39 is 5.97 Å². The van der Waals surface area contributed by atoms with Gasteiger partial charge in [0.15, 0.2) is 0 Å². The summed E-state index contributed by atoms with van der Waals surface area (Å²) in [7, 11) is 0. The van der Waals surface area contributed by atoms with E-state index in [4.69, 9.17) is 5.11 Å². The highest BCUT2D eigenvalue weighted by molar-refractivity contribution is 9.10. The predicted octanol–water partition coefficient (Wildman–Crippen LogP) is 5.32. The smallest absolute Gasteiger partial charge is 0.303 e. The zero-order valence-electron chi connectivity index (χ0n) is 15.6. The van der Waals surface area contributed by atoms with Gasteiger partial charge in [0.1, 0.15) is 0 Å². The van der Waals surface area contributed by atoms with Gasteiger partial charge in [-0.15, -0.1) is 0 Å². The van der Waals surface area contributed by atoms with E-state index in [1.165, 1.54) is 34.9 Å². The number of fused-ring (bicyclic) bond motifs is 2. The van der Waals surface area contributed by atoms with Gasteiger partial charge in [-0.25, -0.2) is 0 Å². The molecule has 0 aliphatic heterocycles. The molecule has 0 aromatic heterocycles. The number of carbonyl (C=O) groups is 1. The maximum absolute atomic E-state index is 10.6. The van der Waals surface area contributed by atoms with Gasteiger partial charge in [-0.1, -0.05) is 40.2 Å². The van der Waals surface area contributed by atoms with E-state index in [-0.39, 0.29) is 6.42 Å². The second-order valence-electron chi connectivity index (χ2n) is 8.01. The molecule has 26 heavy (non-hydrogen) atoms. The van der Waals surface area contributed by atoms with Crippen LogP contribution in [0.5, 0.6) is 0 Å². The number of carboxylic acid groups (broad SMARTS) is 1. The molecule has 2 N–H and O–H groups in total. The quantitative estimate of drug-likeness (QED) is 0.420. The minimum absolute atomic E-state index is 0.275. The molecule has 2 fully saturated rings. The van der Waals surface area contributed by atoms with Crippen molar-refractivity contribution in [3.05, 3.63) is 46.0 Å². The normalized spacial score (nSPS) is 27.5. The lowest BCUT2D eigenvalue weighted by molar-refractivity contribution is -0.137. The van der Waals surface area contributed by atoms with Crippen LogP contribution in [0.2, 0.25) is 0 Å². The van der Waals surface area contributed by atoms with Crippen LogP contribution in [0, 0.1) is 30.6 Å². The van der Waals surface area contributed by atoms with Crippen LogP contribution in [-0.2, 0) is 11.3 Å². The lowest BCUT2D eigenvalue weighted by Crippen LogP contribution is -2.31. The second-order valence-corrected chi connectivity index (χ2v) is 8.87. The average molecular weight is 420 g/mol. The van der Waals surface area contributed by atoms with E-state index in [1.807, 2.05) is 0 Å². The molecule has 4 heteroatoms. The number of hydrogen-bond donors (Lipinski definition) is 2. The fourth-order valence-corrected chi connectivity index (χ4v) is 5.48. The number of benzene rings is 1. The maximum atomic E-state index is 10.6. The Morgan fingerprint density at radius 1 is 1.35 bits per heavy atom. The molecule has 1 aromatic carbocycles. The van der Waals surface area contributed by atoms with Gasteiger partial charge in [-0.3, -0.25) is 4.79 Å². The van der Waals surface area contributed by atoms with Gasteiger partial charge in [-0.05, 0) is 86.4 Å². The number of aryl methyl sites for hydroxylation is 1. The Kier molecular flexibility index (Phi) is 6.93. The van der Waals surface area contributed by atoms with Crippen LogP contribution in [-0.4, -0.2) is 17.6 Å². The molecule has 0 heterocycles. The van der Waals surface area contributed by atoms with Gasteiger partial charge in [0.05, 0.1) is 0 Å². The van der Waals surface area contributed by atoms with Crippen molar-refractivity contribution in [3.63, 3.8) is 0 Å². The van der Waals surface area contributed by atoms with Crippen molar-refractivity contribution in [2.24, 2.45) is 23.7 Å². The van der Waals surface area contributed by atoms with Gasteiger partial charge in [0, 0.05) is 17.4 Å². The van der Waals surface area contributed by atoms with Crippen LogP contribution in [0.4, 0.5) is 0 Å². The van der Waals surface area contributed by atoms with Gasteiger partial charge < -0.3 is 10.4 Å². The van der Waals surface area contributed by atoms with Gasteiger partial charge >= 0.3 is 5.97 Å². The summed E-state index contributed by atoms with van der Waals surface area (Å²) in [5.74, 6) is 2.42. The molecule has 142 valence electrons. The van der Waals surface area contributed by atoms with Crippen LogP contribution in [0.15, 0.2) is 34.8 Å². The topological polar surface area (TPSA) is 49.3 Å². The third-order valence-corrected chi connectivity index (χ3v) is 6.92. The Balaban J connectivity index is 1.50. The lowest BCUT2D eigenvalue weighted by Gasteiger charge is -2.29. The molecule has 0 radical (unpaired) electrons. The van der Waals surface area contributed by atoms with Crippen LogP contribution in [0.3, 0.4) is 0 Å². The molecule has 1 aromatic rings. The van der Waals surface area contributed by atoms with Crippen molar-refractivity contribution in [1.29, 1.82) is 0 Å². The second kappa shape index (κ2) is 9.18. The molecular formula is C22H30BrNO2. The zero-order valence-corrected chi connectivity index (χ0v) is 17.2. The molecule has 4 atom stereocenters. The summed E-state index contributed by atoms with van der Waals surface area (Å²) in [6, 6.07) is 6.55. The minimum atomic E-state index is -0.692. The molecule has 2 aliphatic rings. The highest BCUT2D eigenvalue weighted by Crippen LogP contribution is 2.52. The summed E-state index contributed by atoms with van der Waals surface area (Å²) in [6.45, 7) is 4.10. The number of nitrogens with one attached hydrogen (secondary N) is 1. The van der Waals surface area contributed by atoms with Crippen molar-refractivity contribution in [3.8, 4) is 0 Å². The summed E-state index contributed by atoms with van der Waals surface area (Å²) in [5.41, 5.74) is 2.60. The first-order valence-electron chi connectivity index (χ1n) is 9.89. The largest absolute Gasteiger partial charge is 0.481 e. The lowest BCUT2D eigenvalue weighted by atomic mass is 9.79. The van der Waals surface area contributed by atoms with E-state index in [0.717, 1.165) is 43.7 Å². The van der Waals surface area contributed by atoms with Crippen molar-refractivity contribution in [2.45, 2.75) is 52.0 Å². The summed E-state index contributed by atoms with van der Waals surface area (Å²) in [6.07, 6.45) is 10.7. The van der Waals surface area contributed by atoms with Crippen LogP contribution >= 0.6 is 15.9 Å². The molecule has 0 amide bonds. The summed E-state index contributed by atoms with van der Waals surface area (Å²) < 4.78 is 1.19. The van der Waals surface area contributed by atoms with Crippen molar-refractivity contribution in [1.82, 2.24) is 5.32 Å². The monoisotopic (exact) mass is 419 g/mol. The first kappa shape index (κ1) is 19.6. The fraction of sp³-hybridized carbons (Fsp3) is 0.591.